The molecule has 3 heterocycles. The maximum Gasteiger partial charge on any atom is 0.246 e. The van der Waals surface area contributed by atoms with Gasteiger partial charge < -0.3 is 14.6 Å². The molecule has 0 bridgehead atoms. The second-order valence-corrected chi connectivity index (χ2v) is 9.59. The van der Waals surface area contributed by atoms with Crippen LogP contribution >= 0.6 is 23.1 Å². The van der Waals surface area contributed by atoms with E-state index < -0.39 is 0 Å². The lowest BCUT2D eigenvalue weighted by atomic mass is 10.2. The summed E-state index contributed by atoms with van der Waals surface area (Å²) in [6.45, 7) is 1.95. The SMILES string of the molecule is Cc1ccc2nc(NC(=O)CN3C(=O)CC(c4ccco4)Sc4ccccc43)sc2c1. The summed E-state index contributed by atoms with van der Waals surface area (Å²) >= 11 is 3.01. The second-order valence-electron chi connectivity index (χ2n) is 7.31. The zero-order chi connectivity index (χ0) is 21.4. The van der Waals surface area contributed by atoms with E-state index >= 15 is 0 Å². The van der Waals surface area contributed by atoms with Gasteiger partial charge in [-0.1, -0.05) is 29.5 Å². The van der Waals surface area contributed by atoms with Gasteiger partial charge in [0.1, 0.15) is 12.3 Å². The van der Waals surface area contributed by atoms with Crippen molar-refractivity contribution in [1.82, 2.24) is 4.98 Å². The Morgan fingerprint density at radius 2 is 2.10 bits per heavy atom. The number of hydrogen-bond acceptors (Lipinski definition) is 6. The molecule has 0 saturated heterocycles. The summed E-state index contributed by atoms with van der Waals surface area (Å²) in [6.07, 6.45) is 1.86. The number of carbonyl (C=O) groups is 2. The average Bonchev–Trinajstić information content (AvgIpc) is 3.38. The standard InChI is InChI=1S/C23H19N3O3S2/c1-14-8-9-15-19(11-14)31-23(24-15)25-21(27)13-26-16-5-2-3-7-18(16)30-20(12-22(26)28)17-6-4-10-29-17/h2-11,20H,12-13H2,1H3,(H,24,25,27). The lowest BCUT2D eigenvalue weighted by Gasteiger charge is -2.21. The summed E-state index contributed by atoms with van der Waals surface area (Å²) in [5.41, 5.74) is 2.73. The Morgan fingerprint density at radius 1 is 1.23 bits per heavy atom. The molecule has 0 aliphatic carbocycles. The Hall–Kier alpha value is -3.10. The van der Waals surface area contributed by atoms with Crippen LogP contribution in [-0.2, 0) is 9.59 Å². The number of nitrogens with one attached hydrogen (secondary N) is 1. The molecule has 156 valence electrons. The molecule has 2 aromatic carbocycles. The van der Waals surface area contributed by atoms with E-state index in [-0.39, 0.29) is 30.0 Å². The average molecular weight is 450 g/mol. The third-order valence-electron chi connectivity index (χ3n) is 5.04. The number of para-hydroxylation sites is 1. The number of aryl methyl sites for hydroxylation is 1. The molecule has 1 aliphatic rings. The van der Waals surface area contributed by atoms with Gasteiger partial charge in [-0.25, -0.2) is 4.98 Å². The van der Waals surface area contributed by atoms with Gasteiger partial charge in [-0.15, -0.1) is 11.8 Å². The van der Waals surface area contributed by atoms with E-state index in [1.54, 1.807) is 22.9 Å². The van der Waals surface area contributed by atoms with Crippen LogP contribution in [0.5, 0.6) is 0 Å². The van der Waals surface area contributed by atoms with Crippen molar-refractivity contribution in [2.75, 3.05) is 16.8 Å². The number of furan rings is 1. The molecule has 5 rings (SSSR count). The molecular weight excluding hydrogens is 430 g/mol. The Balaban J connectivity index is 1.38. The highest BCUT2D eigenvalue weighted by atomic mass is 32.2. The van der Waals surface area contributed by atoms with Gasteiger partial charge in [-0.05, 0) is 48.9 Å². The van der Waals surface area contributed by atoms with Gasteiger partial charge in [0.15, 0.2) is 5.13 Å². The Kier molecular flexibility index (Phi) is 5.25. The minimum Gasteiger partial charge on any atom is -0.468 e. The van der Waals surface area contributed by atoms with Gasteiger partial charge in [-0.3, -0.25) is 9.59 Å². The van der Waals surface area contributed by atoms with E-state index in [4.69, 9.17) is 4.42 Å². The fraction of sp³-hybridized carbons (Fsp3) is 0.174. The third kappa shape index (κ3) is 4.08. The normalized spacial score (nSPS) is 16.2. The first-order valence-electron chi connectivity index (χ1n) is 9.83. The van der Waals surface area contributed by atoms with Crippen molar-refractivity contribution in [2.45, 2.75) is 23.5 Å². The highest BCUT2D eigenvalue weighted by Gasteiger charge is 2.31. The molecule has 0 saturated carbocycles. The number of thiazole rings is 1. The van der Waals surface area contributed by atoms with E-state index in [1.165, 1.54) is 11.3 Å². The van der Waals surface area contributed by atoms with Crippen LogP contribution in [0.1, 0.15) is 23.0 Å². The monoisotopic (exact) mass is 449 g/mol. The molecule has 1 unspecified atom stereocenters. The summed E-state index contributed by atoms with van der Waals surface area (Å²) in [5.74, 6) is 0.360. The van der Waals surface area contributed by atoms with Gasteiger partial charge in [0.2, 0.25) is 11.8 Å². The molecular formula is C23H19N3O3S2. The summed E-state index contributed by atoms with van der Waals surface area (Å²) in [7, 11) is 0. The smallest absolute Gasteiger partial charge is 0.246 e. The van der Waals surface area contributed by atoms with Gasteiger partial charge in [0.05, 0.1) is 27.4 Å². The molecule has 8 heteroatoms. The van der Waals surface area contributed by atoms with Crippen LogP contribution in [0, 0.1) is 6.92 Å². The van der Waals surface area contributed by atoms with E-state index in [0.717, 1.165) is 32.1 Å². The topological polar surface area (TPSA) is 75.4 Å². The first-order chi connectivity index (χ1) is 15.1. The van der Waals surface area contributed by atoms with Crippen LogP contribution in [-0.4, -0.2) is 23.3 Å². The van der Waals surface area contributed by atoms with E-state index in [2.05, 4.69) is 10.3 Å². The molecule has 2 aromatic heterocycles. The van der Waals surface area contributed by atoms with Crippen molar-refractivity contribution >= 4 is 55.9 Å². The van der Waals surface area contributed by atoms with E-state index in [9.17, 15) is 9.59 Å². The number of carbonyl (C=O) groups excluding carboxylic acids is 2. The quantitative estimate of drug-likeness (QED) is 0.451. The maximum absolute atomic E-state index is 13.1. The van der Waals surface area contributed by atoms with Gasteiger partial charge in [-0.2, -0.15) is 0 Å². The molecule has 2 amide bonds. The number of fused-ring (bicyclic) bond motifs is 2. The Labute approximate surface area is 187 Å². The van der Waals surface area contributed by atoms with Crippen molar-refractivity contribution < 1.29 is 14.0 Å². The number of thioether (sulfide) groups is 1. The fourth-order valence-electron chi connectivity index (χ4n) is 3.57. The maximum atomic E-state index is 13.1. The second kappa shape index (κ2) is 8.20. The minimum absolute atomic E-state index is 0.0732. The van der Waals surface area contributed by atoms with Crippen LogP contribution < -0.4 is 10.2 Å². The van der Waals surface area contributed by atoms with Crippen molar-refractivity contribution in [3.05, 3.63) is 72.2 Å². The third-order valence-corrected chi connectivity index (χ3v) is 7.26. The molecule has 6 nitrogen and oxygen atoms in total. The molecule has 4 aromatic rings. The molecule has 1 aliphatic heterocycles. The predicted octanol–water partition coefficient (Wildman–Crippen LogP) is 5.41. The number of rotatable bonds is 4. The van der Waals surface area contributed by atoms with Gasteiger partial charge in [0, 0.05) is 11.3 Å². The number of anilines is 2. The van der Waals surface area contributed by atoms with Crippen LogP contribution in [0.3, 0.4) is 0 Å². The first-order valence-corrected chi connectivity index (χ1v) is 11.5. The molecule has 1 atom stereocenters. The van der Waals surface area contributed by atoms with Crippen molar-refractivity contribution in [3.8, 4) is 0 Å². The molecule has 1 N–H and O–H groups in total. The summed E-state index contributed by atoms with van der Waals surface area (Å²) in [6, 6.07) is 17.3. The van der Waals surface area contributed by atoms with Crippen molar-refractivity contribution in [2.24, 2.45) is 0 Å². The van der Waals surface area contributed by atoms with E-state index in [1.807, 2.05) is 61.5 Å². The predicted molar refractivity (Wildman–Crippen MR) is 124 cm³/mol. The number of nitrogens with zero attached hydrogens (tertiary/aromatic N) is 2. The fourth-order valence-corrected chi connectivity index (χ4v) is 5.79. The summed E-state index contributed by atoms with van der Waals surface area (Å²) in [4.78, 5) is 32.9. The van der Waals surface area contributed by atoms with Crippen LogP contribution in [0.4, 0.5) is 10.8 Å². The van der Waals surface area contributed by atoms with Gasteiger partial charge >= 0.3 is 0 Å². The lowest BCUT2D eigenvalue weighted by Crippen LogP contribution is -2.38. The lowest BCUT2D eigenvalue weighted by molar-refractivity contribution is -0.121. The van der Waals surface area contributed by atoms with Crippen molar-refractivity contribution in [1.29, 1.82) is 0 Å². The highest BCUT2D eigenvalue weighted by Crippen LogP contribution is 2.45. The number of benzene rings is 2. The minimum atomic E-state index is -0.277. The van der Waals surface area contributed by atoms with E-state index in [0.29, 0.717) is 5.13 Å². The number of hydrogen-bond donors (Lipinski definition) is 1. The van der Waals surface area contributed by atoms with Crippen molar-refractivity contribution in [3.63, 3.8) is 0 Å². The molecule has 0 spiro atoms. The number of amides is 2. The zero-order valence-corrected chi connectivity index (χ0v) is 18.3. The Morgan fingerprint density at radius 3 is 2.94 bits per heavy atom. The molecule has 31 heavy (non-hydrogen) atoms. The summed E-state index contributed by atoms with van der Waals surface area (Å²) in [5, 5.41) is 3.25. The van der Waals surface area contributed by atoms with Crippen LogP contribution in [0.2, 0.25) is 0 Å². The Bertz CT molecular complexity index is 1270. The van der Waals surface area contributed by atoms with Crippen LogP contribution in [0.15, 0.2) is 70.2 Å². The largest absolute Gasteiger partial charge is 0.468 e. The molecule has 0 radical (unpaired) electrons. The zero-order valence-electron chi connectivity index (χ0n) is 16.7. The highest BCUT2D eigenvalue weighted by molar-refractivity contribution is 7.99. The first kappa shape index (κ1) is 19.8. The number of aromatic nitrogens is 1. The van der Waals surface area contributed by atoms with Crippen LogP contribution in [0.25, 0.3) is 10.2 Å². The summed E-state index contributed by atoms with van der Waals surface area (Å²) < 4.78 is 6.56. The molecule has 0 fully saturated rings. The van der Waals surface area contributed by atoms with Gasteiger partial charge in [0.25, 0.3) is 0 Å².